The van der Waals surface area contributed by atoms with Gasteiger partial charge in [-0.3, -0.25) is 0 Å². The minimum absolute atomic E-state index is 0.256. The molecule has 1 saturated heterocycles. The van der Waals surface area contributed by atoms with Gasteiger partial charge >= 0.3 is 6.18 Å². The Hall–Kier alpha value is -1.27. The lowest BCUT2D eigenvalue weighted by Crippen LogP contribution is -2.35. The van der Waals surface area contributed by atoms with Crippen LogP contribution < -0.4 is 4.74 Å². The van der Waals surface area contributed by atoms with E-state index >= 15 is 0 Å². The van der Waals surface area contributed by atoms with Crippen molar-refractivity contribution in [2.45, 2.75) is 25.4 Å². The van der Waals surface area contributed by atoms with Gasteiger partial charge in [0.05, 0.1) is 12.2 Å². The number of aliphatic hydroxyl groups excluding tert-OH is 1. The summed E-state index contributed by atoms with van der Waals surface area (Å²) in [5.41, 5.74) is -0.684. The van der Waals surface area contributed by atoms with Crippen LogP contribution in [0.4, 0.5) is 13.2 Å². The molecule has 22 heavy (non-hydrogen) atoms. The fourth-order valence-corrected chi connectivity index (χ4v) is 2.63. The zero-order chi connectivity index (χ0) is 16.0. The highest BCUT2D eigenvalue weighted by Crippen LogP contribution is 2.31. The van der Waals surface area contributed by atoms with Crippen LogP contribution >= 0.6 is 0 Å². The molecular weight excluding hydrogens is 295 g/mol. The van der Waals surface area contributed by atoms with Crippen LogP contribution in [-0.2, 0) is 6.18 Å². The molecule has 0 aromatic heterocycles. The third-order valence-corrected chi connectivity index (χ3v) is 4.01. The first kappa shape index (κ1) is 17.1. The van der Waals surface area contributed by atoms with Gasteiger partial charge in [-0.1, -0.05) is 6.07 Å². The van der Waals surface area contributed by atoms with Gasteiger partial charge < -0.3 is 14.7 Å². The second kappa shape index (κ2) is 7.83. The van der Waals surface area contributed by atoms with Crippen LogP contribution in [0, 0.1) is 5.92 Å². The average Bonchev–Trinajstić information content (AvgIpc) is 2.52. The summed E-state index contributed by atoms with van der Waals surface area (Å²) in [5.74, 6) is 0.673. The van der Waals surface area contributed by atoms with Crippen molar-refractivity contribution >= 4 is 0 Å². The molecule has 1 fully saturated rings. The topological polar surface area (TPSA) is 32.7 Å². The Morgan fingerprint density at radius 1 is 1.23 bits per heavy atom. The Morgan fingerprint density at radius 3 is 2.59 bits per heavy atom. The van der Waals surface area contributed by atoms with E-state index in [0.717, 1.165) is 51.0 Å². The summed E-state index contributed by atoms with van der Waals surface area (Å²) >= 11 is 0. The first-order valence-corrected chi connectivity index (χ1v) is 7.62. The largest absolute Gasteiger partial charge is 0.494 e. The number of aliphatic hydroxyl groups is 1. The third kappa shape index (κ3) is 5.18. The highest BCUT2D eigenvalue weighted by molar-refractivity contribution is 5.30. The first-order valence-electron chi connectivity index (χ1n) is 7.62. The number of piperidine rings is 1. The summed E-state index contributed by atoms with van der Waals surface area (Å²) in [7, 11) is 0. The monoisotopic (exact) mass is 317 g/mol. The SMILES string of the molecule is OCC1CCN(CCCOc2cccc(C(F)(F)F)c2)CC1. The standard InChI is InChI=1S/C16H22F3NO2/c17-16(18,19)14-3-1-4-15(11-14)22-10-2-7-20-8-5-13(12-21)6-9-20/h1,3-4,11,13,21H,2,5-10,12H2. The highest BCUT2D eigenvalue weighted by Gasteiger charge is 2.30. The van der Waals surface area contributed by atoms with Crippen LogP contribution in [0.3, 0.4) is 0 Å². The summed E-state index contributed by atoms with van der Waals surface area (Å²) in [6.07, 6.45) is -1.55. The average molecular weight is 317 g/mol. The molecule has 0 saturated carbocycles. The fourth-order valence-electron chi connectivity index (χ4n) is 2.63. The zero-order valence-electron chi connectivity index (χ0n) is 12.5. The summed E-state index contributed by atoms with van der Waals surface area (Å²) < 4.78 is 43.1. The lowest BCUT2D eigenvalue weighted by atomic mass is 9.98. The van der Waals surface area contributed by atoms with E-state index in [2.05, 4.69) is 4.90 Å². The molecule has 0 unspecified atom stereocenters. The number of ether oxygens (including phenoxy) is 1. The molecule has 0 aliphatic carbocycles. The number of likely N-dealkylation sites (tertiary alicyclic amines) is 1. The van der Waals surface area contributed by atoms with Gasteiger partial charge in [0.1, 0.15) is 5.75 Å². The molecule has 1 aromatic carbocycles. The minimum Gasteiger partial charge on any atom is -0.494 e. The predicted molar refractivity (Wildman–Crippen MR) is 77.8 cm³/mol. The molecule has 1 aromatic rings. The maximum atomic E-state index is 12.6. The fraction of sp³-hybridized carbons (Fsp3) is 0.625. The number of alkyl halides is 3. The number of hydrogen-bond donors (Lipinski definition) is 1. The number of halogens is 3. The number of benzene rings is 1. The van der Waals surface area contributed by atoms with Gasteiger partial charge in [0.2, 0.25) is 0 Å². The second-order valence-electron chi connectivity index (χ2n) is 5.70. The van der Waals surface area contributed by atoms with Crippen molar-refractivity contribution in [3.05, 3.63) is 29.8 Å². The number of hydrogen-bond acceptors (Lipinski definition) is 3. The van der Waals surface area contributed by atoms with Crippen LogP contribution in [0.25, 0.3) is 0 Å². The lowest BCUT2D eigenvalue weighted by Gasteiger charge is -2.30. The number of nitrogens with zero attached hydrogens (tertiary/aromatic N) is 1. The van der Waals surface area contributed by atoms with Crippen LogP contribution in [0.15, 0.2) is 24.3 Å². The molecule has 1 aliphatic heterocycles. The third-order valence-electron chi connectivity index (χ3n) is 4.01. The van der Waals surface area contributed by atoms with E-state index < -0.39 is 11.7 Å². The van der Waals surface area contributed by atoms with Gasteiger partial charge in [0.15, 0.2) is 0 Å². The van der Waals surface area contributed by atoms with E-state index in [1.807, 2.05) is 0 Å². The quantitative estimate of drug-likeness (QED) is 0.818. The normalized spacial score (nSPS) is 17.6. The molecule has 3 nitrogen and oxygen atoms in total. The molecule has 1 heterocycles. The van der Waals surface area contributed by atoms with Crippen molar-refractivity contribution < 1.29 is 23.0 Å². The van der Waals surface area contributed by atoms with Gasteiger partial charge in [-0.05, 0) is 56.5 Å². The van der Waals surface area contributed by atoms with E-state index in [4.69, 9.17) is 9.84 Å². The first-order chi connectivity index (χ1) is 10.5. The maximum absolute atomic E-state index is 12.6. The number of rotatable bonds is 6. The second-order valence-corrected chi connectivity index (χ2v) is 5.70. The molecular formula is C16H22F3NO2. The smallest absolute Gasteiger partial charge is 0.416 e. The van der Waals surface area contributed by atoms with Crippen molar-refractivity contribution in [1.29, 1.82) is 0 Å². The summed E-state index contributed by atoms with van der Waals surface area (Å²) in [5, 5.41) is 9.08. The van der Waals surface area contributed by atoms with Crippen molar-refractivity contribution in [2.24, 2.45) is 5.92 Å². The van der Waals surface area contributed by atoms with Crippen LogP contribution in [0.2, 0.25) is 0 Å². The Bertz CT molecular complexity index is 457. The van der Waals surface area contributed by atoms with Gasteiger partial charge in [0.25, 0.3) is 0 Å². The zero-order valence-corrected chi connectivity index (χ0v) is 12.5. The molecule has 6 heteroatoms. The summed E-state index contributed by atoms with van der Waals surface area (Å²) in [6.45, 7) is 3.47. The lowest BCUT2D eigenvalue weighted by molar-refractivity contribution is -0.137. The van der Waals surface area contributed by atoms with Crippen LogP contribution in [0.5, 0.6) is 5.75 Å². The Kier molecular flexibility index (Phi) is 6.08. The van der Waals surface area contributed by atoms with Gasteiger partial charge in [-0.15, -0.1) is 0 Å². The van der Waals surface area contributed by atoms with Gasteiger partial charge in [0, 0.05) is 13.2 Å². The Morgan fingerprint density at radius 2 is 1.95 bits per heavy atom. The van der Waals surface area contributed by atoms with E-state index in [-0.39, 0.29) is 12.4 Å². The van der Waals surface area contributed by atoms with Gasteiger partial charge in [-0.2, -0.15) is 13.2 Å². The van der Waals surface area contributed by atoms with Crippen molar-refractivity contribution in [2.75, 3.05) is 32.8 Å². The highest BCUT2D eigenvalue weighted by atomic mass is 19.4. The molecule has 0 atom stereocenters. The summed E-state index contributed by atoms with van der Waals surface area (Å²) in [6, 6.07) is 4.98. The molecule has 124 valence electrons. The Balaban J connectivity index is 1.69. The predicted octanol–water partition coefficient (Wildman–Crippen LogP) is 3.18. The molecule has 2 rings (SSSR count). The van der Waals surface area contributed by atoms with Crippen LogP contribution in [0.1, 0.15) is 24.8 Å². The molecule has 1 aliphatic rings. The molecule has 0 bridgehead atoms. The van der Waals surface area contributed by atoms with Crippen LogP contribution in [-0.4, -0.2) is 42.9 Å². The van der Waals surface area contributed by atoms with E-state index in [1.54, 1.807) is 6.07 Å². The molecule has 0 spiro atoms. The minimum atomic E-state index is -4.34. The molecule has 1 N–H and O–H groups in total. The Labute approximate surface area is 128 Å². The van der Waals surface area contributed by atoms with Crippen molar-refractivity contribution in [3.8, 4) is 5.75 Å². The summed E-state index contributed by atoms with van der Waals surface area (Å²) in [4.78, 5) is 2.31. The van der Waals surface area contributed by atoms with Crippen molar-refractivity contribution in [3.63, 3.8) is 0 Å². The molecule has 0 radical (unpaired) electrons. The van der Waals surface area contributed by atoms with Crippen molar-refractivity contribution in [1.82, 2.24) is 4.90 Å². The maximum Gasteiger partial charge on any atom is 0.416 e. The van der Waals surface area contributed by atoms with E-state index in [1.165, 1.54) is 6.07 Å². The van der Waals surface area contributed by atoms with E-state index in [0.29, 0.717) is 12.5 Å². The van der Waals surface area contributed by atoms with E-state index in [9.17, 15) is 13.2 Å². The van der Waals surface area contributed by atoms with Gasteiger partial charge in [-0.25, -0.2) is 0 Å². The molecule has 0 amide bonds.